The Hall–Kier alpha value is -2.42. The molecule has 2 rings (SSSR count). The van der Waals surface area contributed by atoms with Crippen LogP contribution in [0, 0.1) is 24.7 Å². The van der Waals surface area contributed by atoms with E-state index in [0.29, 0.717) is 12.8 Å². The van der Waals surface area contributed by atoms with E-state index in [9.17, 15) is 5.11 Å². The average molecular weight is 278 g/mol. The molecule has 0 radical (unpaired) electrons. The summed E-state index contributed by atoms with van der Waals surface area (Å²) in [6, 6.07) is 13.8. The predicted molar refractivity (Wildman–Crippen MR) is 84.3 cm³/mol. The fraction of sp³-hybridized carbons (Fsp3) is 0.263. The zero-order chi connectivity index (χ0) is 15.1. The van der Waals surface area contributed by atoms with E-state index in [1.54, 1.807) is 0 Å². The Morgan fingerprint density at radius 2 is 1.67 bits per heavy atom. The number of benzene rings is 1. The molecule has 106 valence electrons. The van der Waals surface area contributed by atoms with Gasteiger partial charge in [-0.1, -0.05) is 30.3 Å². The summed E-state index contributed by atoms with van der Waals surface area (Å²) < 4.78 is 5.81. The summed E-state index contributed by atoms with van der Waals surface area (Å²) >= 11 is 0. The lowest BCUT2D eigenvalue weighted by molar-refractivity contribution is 0.0407. The molecule has 2 aromatic rings. The Labute approximate surface area is 125 Å². The fourth-order valence-electron chi connectivity index (χ4n) is 2.24. The van der Waals surface area contributed by atoms with E-state index in [-0.39, 0.29) is 12.8 Å². The van der Waals surface area contributed by atoms with Gasteiger partial charge in [-0.15, -0.1) is 24.7 Å². The topological polar surface area (TPSA) is 33.4 Å². The lowest BCUT2D eigenvalue weighted by Gasteiger charge is -2.23. The van der Waals surface area contributed by atoms with Crippen molar-refractivity contribution in [2.75, 3.05) is 0 Å². The molecular weight excluding hydrogens is 260 g/mol. The van der Waals surface area contributed by atoms with Crippen molar-refractivity contribution in [1.29, 1.82) is 0 Å². The van der Waals surface area contributed by atoms with Crippen LogP contribution in [0.15, 0.2) is 46.9 Å². The summed E-state index contributed by atoms with van der Waals surface area (Å²) in [5.74, 6) is 6.61. The van der Waals surface area contributed by atoms with Crippen LogP contribution in [-0.4, -0.2) is 10.7 Å². The van der Waals surface area contributed by atoms with Gasteiger partial charge < -0.3 is 9.52 Å². The normalized spacial score (nSPS) is 10.8. The van der Waals surface area contributed by atoms with Gasteiger partial charge >= 0.3 is 0 Å². The lowest BCUT2D eigenvalue weighted by atomic mass is 9.90. The lowest BCUT2D eigenvalue weighted by Crippen LogP contribution is -2.28. The van der Waals surface area contributed by atoms with Gasteiger partial charge in [0.25, 0.3) is 0 Å². The molecule has 0 atom stereocenters. The smallest absolute Gasteiger partial charge is 0.134 e. The highest BCUT2D eigenvalue weighted by Crippen LogP contribution is 2.26. The average Bonchev–Trinajstić information content (AvgIpc) is 2.96. The van der Waals surface area contributed by atoms with Crippen LogP contribution in [-0.2, 0) is 6.42 Å². The van der Waals surface area contributed by atoms with E-state index in [1.165, 1.54) is 0 Å². The number of rotatable bonds is 6. The molecule has 21 heavy (non-hydrogen) atoms. The third kappa shape index (κ3) is 4.02. The van der Waals surface area contributed by atoms with E-state index in [4.69, 9.17) is 17.3 Å². The van der Waals surface area contributed by atoms with Crippen molar-refractivity contribution in [2.45, 2.75) is 31.3 Å². The molecule has 1 aromatic heterocycles. The van der Waals surface area contributed by atoms with Crippen LogP contribution in [0.1, 0.15) is 25.0 Å². The fourth-order valence-corrected chi connectivity index (χ4v) is 2.24. The Balaban J connectivity index is 2.03. The maximum atomic E-state index is 10.4. The molecule has 1 N–H and O–H groups in total. The molecule has 0 unspecified atom stereocenters. The quantitative estimate of drug-likeness (QED) is 0.818. The maximum Gasteiger partial charge on any atom is 0.134 e. The van der Waals surface area contributed by atoms with Crippen molar-refractivity contribution in [3.05, 3.63) is 48.2 Å². The molecule has 1 heterocycles. The second kappa shape index (κ2) is 6.84. The Kier molecular flexibility index (Phi) is 4.88. The molecule has 0 amide bonds. The molecule has 1 aromatic carbocycles. The first-order chi connectivity index (χ1) is 10.2. The van der Waals surface area contributed by atoms with Crippen LogP contribution in [0.4, 0.5) is 0 Å². The highest BCUT2D eigenvalue weighted by molar-refractivity contribution is 5.57. The third-order valence-corrected chi connectivity index (χ3v) is 3.42. The monoisotopic (exact) mass is 278 g/mol. The number of terminal acetylenes is 2. The van der Waals surface area contributed by atoms with Gasteiger partial charge in [-0.2, -0.15) is 0 Å². The van der Waals surface area contributed by atoms with Crippen molar-refractivity contribution < 1.29 is 9.52 Å². The van der Waals surface area contributed by atoms with Gasteiger partial charge in [0.05, 0.1) is 5.60 Å². The Morgan fingerprint density at radius 1 is 1.00 bits per heavy atom. The van der Waals surface area contributed by atoms with Crippen LogP contribution in [0.5, 0.6) is 0 Å². The summed E-state index contributed by atoms with van der Waals surface area (Å²) in [4.78, 5) is 0. The predicted octanol–water partition coefficient (Wildman–Crippen LogP) is 3.66. The van der Waals surface area contributed by atoms with Crippen molar-refractivity contribution in [3.63, 3.8) is 0 Å². The zero-order valence-electron chi connectivity index (χ0n) is 11.9. The molecule has 0 aliphatic heterocycles. The molecule has 0 aliphatic carbocycles. The van der Waals surface area contributed by atoms with E-state index in [0.717, 1.165) is 17.1 Å². The highest BCUT2D eigenvalue weighted by Gasteiger charge is 2.25. The van der Waals surface area contributed by atoms with Gasteiger partial charge in [0.15, 0.2) is 0 Å². The zero-order valence-corrected chi connectivity index (χ0v) is 11.9. The van der Waals surface area contributed by atoms with Crippen LogP contribution in [0.2, 0.25) is 0 Å². The number of furan rings is 1. The molecule has 0 saturated heterocycles. The van der Waals surface area contributed by atoms with Gasteiger partial charge in [-0.3, -0.25) is 0 Å². The van der Waals surface area contributed by atoms with E-state index < -0.39 is 5.60 Å². The van der Waals surface area contributed by atoms with E-state index in [1.807, 2.05) is 42.5 Å². The van der Waals surface area contributed by atoms with Gasteiger partial charge in [0, 0.05) is 24.8 Å². The van der Waals surface area contributed by atoms with Crippen molar-refractivity contribution in [1.82, 2.24) is 0 Å². The Bertz CT molecular complexity index is 637. The van der Waals surface area contributed by atoms with Crippen LogP contribution in [0.25, 0.3) is 11.3 Å². The van der Waals surface area contributed by atoms with E-state index >= 15 is 0 Å². The van der Waals surface area contributed by atoms with Crippen molar-refractivity contribution in [3.8, 4) is 36.0 Å². The minimum atomic E-state index is -1.01. The van der Waals surface area contributed by atoms with E-state index in [2.05, 4.69) is 11.8 Å². The molecular formula is C19H18O2. The summed E-state index contributed by atoms with van der Waals surface area (Å²) in [5.41, 5.74) is 0.0229. The molecule has 2 nitrogen and oxygen atoms in total. The number of hydrogen-bond acceptors (Lipinski definition) is 2. The second-order valence-electron chi connectivity index (χ2n) is 5.12. The van der Waals surface area contributed by atoms with Crippen molar-refractivity contribution in [2.24, 2.45) is 0 Å². The first-order valence-electron chi connectivity index (χ1n) is 6.90. The molecule has 0 fully saturated rings. The molecule has 0 aliphatic rings. The standard InChI is InChI=1S/C19H18O2/c1-3-13-19(20,14-4-2)15-12-17-10-11-18(21-17)16-8-6-5-7-9-16/h1-2,5-11,20H,12-15H2. The summed E-state index contributed by atoms with van der Waals surface area (Å²) in [6.07, 6.45) is 12.2. The van der Waals surface area contributed by atoms with Gasteiger partial charge in [0.1, 0.15) is 11.5 Å². The summed E-state index contributed by atoms with van der Waals surface area (Å²) in [5, 5.41) is 10.4. The van der Waals surface area contributed by atoms with Gasteiger partial charge in [-0.05, 0) is 18.6 Å². The maximum absolute atomic E-state index is 10.4. The molecule has 0 saturated carbocycles. The number of hydrogen-bond donors (Lipinski definition) is 1. The largest absolute Gasteiger partial charge is 0.461 e. The first kappa shape index (κ1) is 15.0. The first-order valence-corrected chi connectivity index (χ1v) is 6.90. The minimum Gasteiger partial charge on any atom is -0.461 e. The van der Waals surface area contributed by atoms with Gasteiger partial charge in [-0.25, -0.2) is 0 Å². The molecule has 2 heteroatoms. The van der Waals surface area contributed by atoms with Gasteiger partial charge in [0.2, 0.25) is 0 Å². The third-order valence-electron chi connectivity index (χ3n) is 3.42. The van der Waals surface area contributed by atoms with Crippen molar-refractivity contribution >= 4 is 0 Å². The highest BCUT2D eigenvalue weighted by atomic mass is 16.3. The number of aliphatic hydroxyl groups is 1. The molecule has 0 spiro atoms. The Morgan fingerprint density at radius 3 is 2.29 bits per heavy atom. The minimum absolute atomic E-state index is 0.253. The van der Waals surface area contributed by atoms with Crippen LogP contribution >= 0.6 is 0 Å². The number of aryl methyl sites for hydroxylation is 1. The van der Waals surface area contributed by atoms with Crippen LogP contribution < -0.4 is 0 Å². The SMILES string of the molecule is C#CCC(O)(CC#C)CCc1ccc(-c2ccccc2)o1. The summed E-state index contributed by atoms with van der Waals surface area (Å²) in [6.45, 7) is 0. The molecule has 0 bridgehead atoms. The summed E-state index contributed by atoms with van der Waals surface area (Å²) in [7, 11) is 0. The van der Waals surface area contributed by atoms with Crippen LogP contribution in [0.3, 0.4) is 0 Å². The second-order valence-corrected chi connectivity index (χ2v) is 5.12.